The number of hydrogen-bond donors (Lipinski definition) is 2. The third-order valence-corrected chi connectivity index (χ3v) is 5.74. The predicted molar refractivity (Wildman–Crippen MR) is 134 cm³/mol. The van der Waals surface area contributed by atoms with Crippen molar-refractivity contribution in [2.24, 2.45) is 0 Å². The van der Waals surface area contributed by atoms with E-state index in [0.717, 1.165) is 17.2 Å². The van der Waals surface area contributed by atoms with Crippen LogP contribution in [0, 0.1) is 11.6 Å². The lowest BCUT2D eigenvalue weighted by molar-refractivity contribution is -0.121. The summed E-state index contributed by atoms with van der Waals surface area (Å²) in [6, 6.07) is 22.6. The molecule has 4 rings (SSSR count). The molecule has 3 aromatic carbocycles. The number of nitrogens with one attached hydrogen (secondary N) is 2. The lowest BCUT2D eigenvalue weighted by Gasteiger charge is -2.22. The van der Waals surface area contributed by atoms with Crippen molar-refractivity contribution in [1.82, 2.24) is 15.6 Å². The van der Waals surface area contributed by atoms with Crippen LogP contribution in [-0.2, 0) is 17.6 Å². The maximum Gasteiger partial charge on any atom is 0.251 e. The maximum absolute atomic E-state index is 13.9. The summed E-state index contributed by atoms with van der Waals surface area (Å²) in [5, 5.41) is 5.61. The van der Waals surface area contributed by atoms with E-state index in [9.17, 15) is 18.4 Å². The first-order valence-corrected chi connectivity index (χ1v) is 11.5. The minimum atomic E-state index is -0.695. The van der Waals surface area contributed by atoms with Gasteiger partial charge in [-0.15, -0.1) is 0 Å². The van der Waals surface area contributed by atoms with Crippen LogP contribution in [-0.4, -0.2) is 23.8 Å². The highest BCUT2D eigenvalue weighted by Crippen LogP contribution is 2.30. The van der Waals surface area contributed by atoms with Crippen LogP contribution in [0.1, 0.15) is 33.2 Å². The summed E-state index contributed by atoms with van der Waals surface area (Å²) < 4.78 is 27.9. The first-order chi connectivity index (χ1) is 17.4. The lowest BCUT2D eigenvalue weighted by atomic mass is 9.94. The molecule has 182 valence electrons. The van der Waals surface area contributed by atoms with E-state index in [1.807, 2.05) is 42.5 Å². The van der Waals surface area contributed by atoms with Crippen LogP contribution in [0.4, 0.5) is 8.78 Å². The van der Waals surface area contributed by atoms with Crippen molar-refractivity contribution in [2.45, 2.75) is 18.9 Å². The van der Waals surface area contributed by atoms with Crippen molar-refractivity contribution in [3.8, 4) is 11.1 Å². The Hall–Kier alpha value is -4.39. The molecular formula is C29H25F2N3O2. The molecule has 0 saturated heterocycles. The molecular weight excluding hydrogens is 460 g/mol. The number of benzene rings is 3. The van der Waals surface area contributed by atoms with Crippen molar-refractivity contribution in [3.05, 3.63) is 125 Å². The quantitative estimate of drug-likeness (QED) is 0.368. The molecule has 5 nitrogen and oxygen atoms in total. The van der Waals surface area contributed by atoms with E-state index in [0.29, 0.717) is 22.4 Å². The fourth-order valence-corrected chi connectivity index (χ4v) is 4.12. The Morgan fingerprint density at radius 2 is 1.61 bits per heavy atom. The number of nitrogens with zero attached hydrogens (tertiary/aromatic N) is 1. The first kappa shape index (κ1) is 24.7. The minimum Gasteiger partial charge on any atom is -0.355 e. The van der Waals surface area contributed by atoms with Gasteiger partial charge in [0.2, 0.25) is 5.91 Å². The van der Waals surface area contributed by atoms with Crippen molar-refractivity contribution in [2.75, 3.05) is 7.05 Å². The molecule has 0 spiro atoms. The number of carbonyl (C=O) groups excluding carboxylic acids is 2. The summed E-state index contributed by atoms with van der Waals surface area (Å²) in [5.41, 5.74) is 3.65. The summed E-state index contributed by atoms with van der Waals surface area (Å²) in [4.78, 5) is 29.7. The second-order valence-electron chi connectivity index (χ2n) is 8.36. The van der Waals surface area contributed by atoms with Crippen LogP contribution < -0.4 is 10.6 Å². The van der Waals surface area contributed by atoms with Gasteiger partial charge in [0.05, 0.1) is 18.2 Å². The fraction of sp³-hybridized carbons (Fsp3) is 0.138. The zero-order valence-electron chi connectivity index (χ0n) is 19.7. The number of aromatic nitrogens is 1. The summed E-state index contributed by atoms with van der Waals surface area (Å²) in [5.74, 6) is -1.87. The molecule has 36 heavy (non-hydrogen) atoms. The van der Waals surface area contributed by atoms with Crippen LogP contribution in [0.15, 0.2) is 91.1 Å². The largest absolute Gasteiger partial charge is 0.355 e. The normalized spacial score (nSPS) is 11.5. The topological polar surface area (TPSA) is 71.1 Å². The molecule has 7 heteroatoms. The first-order valence-electron chi connectivity index (χ1n) is 11.5. The molecule has 0 bridgehead atoms. The van der Waals surface area contributed by atoms with Gasteiger partial charge in [-0.2, -0.15) is 0 Å². The zero-order valence-corrected chi connectivity index (χ0v) is 19.7. The average Bonchev–Trinajstić information content (AvgIpc) is 2.88. The number of amides is 2. The van der Waals surface area contributed by atoms with Gasteiger partial charge < -0.3 is 10.6 Å². The Morgan fingerprint density at radius 1 is 0.861 bits per heavy atom. The van der Waals surface area contributed by atoms with Gasteiger partial charge in [-0.1, -0.05) is 48.5 Å². The highest BCUT2D eigenvalue weighted by Gasteiger charge is 2.22. The van der Waals surface area contributed by atoms with Crippen molar-refractivity contribution in [3.63, 3.8) is 0 Å². The number of carbonyl (C=O) groups is 2. The van der Waals surface area contributed by atoms with Gasteiger partial charge in [0.1, 0.15) is 11.6 Å². The summed E-state index contributed by atoms with van der Waals surface area (Å²) >= 11 is 0. The van der Waals surface area contributed by atoms with E-state index in [1.54, 1.807) is 37.5 Å². The monoisotopic (exact) mass is 485 g/mol. The highest BCUT2D eigenvalue weighted by molar-refractivity contribution is 5.95. The minimum absolute atomic E-state index is 0.119. The Morgan fingerprint density at radius 3 is 2.33 bits per heavy atom. The molecule has 2 N–H and O–H groups in total. The second-order valence-corrected chi connectivity index (χ2v) is 8.36. The van der Waals surface area contributed by atoms with Gasteiger partial charge in [-0.3, -0.25) is 14.6 Å². The molecule has 1 atom stereocenters. The summed E-state index contributed by atoms with van der Waals surface area (Å²) in [6.45, 7) is 0. The van der Waals surface area contributed by atoms with Crippen LogP contribution in [0.25, 0.3) is 11.1 Å². The highest BCUT2D eigenvalue weighted by atomic mass is 19.1. The van der Waals surface area contributed by atoms with Gasteiger partial charge in [0.25, 0.3) is 5.91 Å². The number of pyridine rings is 1. The van der Waals surface area contributed by atoms with E-state index in [2.05, 4.69) is 15.6 Å². The van der Waals surface area contributed by atoms with Crippen molar-refractivity contribution < 1.29 is 18.4 Å². The third-order valence-electron chi connectivity index (χ3n) is 5.74. The fourth-order valence-electron chi connectivity index (χ4n) is 4.12. The molecule has 0 unspecified atom stereocenters. The van der Waals surface area contributed by atoms with Crippen LogP contribution in [0.5, 0.6) is 0 Å². The number of rotatable bonds is 8. The van der Waals surface area contributed by atoms with Crippen molar-refractivity contribution >= 4 is 11.8 Å². The number of halogens is 2. The number of hydrogen-bond acceptors (Lipinski definition) is 3. The van der Waals surface area contributed by atoms with Gasteiger partial charge in [-0.25, -0.2) is 8.78 Å². The van der Waals surface area contributed by atoms with Gasteiger partial charge in [-0.05, 0) is 53.4 Å². The maximum atomic E-state index is 13.9. The molecule has 0 aliphatic rings. The van der Waals surface area contributed by atoms with E-state index in [1.165, 1.54) is 12.1 Å². The Kier molecular flexibility index (Phi) is 7.80. The average molecular weight is 486 g/mol. The SMILES string of the molecule is CNC(=O)c1cccc(-c2cccnc2[C@H](Cc2cc(F)cc(F)c2)NC(=O)Cc2ccccc2)c1. The molecule has 1 aromatic heterocycles. The third kappa shape index (κ3) is 6.18. The summed E-state index contributed by atoms with van der Waals surface area (Å²) in [6.07, 6.45) is 1.86. The molecule has 0 aliphatic carbocycles. The Labute approximate surface area is 208 Å². The van der Waals surface area contributed by atoms with Gasteiger partial charge in [0, 0.05) is 30.4 Å². The Bertz CT molecular complexity index is 1360. The van der Waals surface area contributed by atoms with Crippen LogP contribution in [0.2, 0.25) is 0 Å². The van der Waals surface area contributed by atoms with E-state index in [4.69, 9.17) is 0 Å². The molecule has 2 amide bonds. The van der Waals surface area contributed by atoms with Crippen LogP contribution >= 0.6 is 0 Å². The van der Waals surface area contributed by atoms with E-state index < -0.39 is 17.7 Å². The van der Waals surface area contributed by atoms with Crippen LogP contribution in [0.3, 0.4) is 0 Å². The van der Waals surface area contributed by atoms with E-state index >= 15 is 0 Å². The predicted octanol–water partition coefficient (Wildman–Crippen LogP) is 5.03. The van der Waals surface area contributed by atoms with Gasteiger partial charge >= 0.3 is 0 Å². The molecule has 1 heterocycles. The standard InChI is InChI=1S/C29H25F2N3O2/c1-32-29(36)22-10-5-9-21(17-22)25-11-6-12-33-28(25)26(15-20-13-23(30)18-24(31)14-20)34-27(35)16-19-7-3-2-4-8-19/h2-14,17-18,26H,15-16H2,1H3,(H,32,36)(H,34,35)/t26-/m0/s1. The Balaban J connectivity index is 1.72. The molecule has 4 aromatic rings. The molecule has 0 saturated carbocycles. The molecule has 0 radical (unpaired) electrons. The van der Waals surface area contributed by atoms with Gasteiger partial charge in [0.15, 0.2) is 0 Å². The second kappa shape index (κ2) is 11.4. The van der Waals surface area contributed by atoms with E-state index in [-0.39, 0.29) is 24.7 Å². The zero-order chi connectivity index (χ0) is 25.5. The van der Waals surface area contributed by atoms with Crippen molar-refractivity contribution in [1.29, 1.82) is 0 Å². The smallest absolute Gasteiger partial charge is 0.251 e. The lowest BCUT2D eigenvalue weighted by Crippen LogP contribution is -2.32. The molecule has 0 fully saturated rings. The molecule has 0 aliphatic heterocycles. The summed E-state index contributed by atoms with van der Waals surface area (Å²) in [7, 11) is 1.56.